The molecule has 1 atom stereocenters. The predicted octanol–water partition coefficient (Wildman–Crippen LogP) is 2.79. The summed E-state index contributed by atoms with van der Waals surface area (Å²) in [6.45, 7) is 8.61. The Morgan fingerprint density at radius 3 is 2.43 bits per heavy atom. The van der Waals surface area contributed by atoms with Crippen molar-refractivity contribution in [2.24, 2.45) is 5.73 Å². The van der Waals surface area contributed by atoms with Gasteiger partial charge in [-0.2, -0.15) is 0 Å². The fourth-order valence-corrected chi connectivity index (χ4v) is 2.31. The minimum absolute atomic E-state index is 0.228. The van der Waals surface area contributed by atoms with Gasteiger partial charge in [0.05, 0.1) is 12.1 Å². The van der Waals surface area contributed by atoms with Crippen LogP contribution in [0.25, 0.3) is 0 Å². The molecule has 0 bridgehead atoms. The number of amides is 1. The largest absolute Gasteiger partial charge is 0.494 e. The van der Waals surface area contributed by atoms with Gasteiger partial charge in [-0.3, -0.25) is 4.79 Å². The van der Waals surface area contributed by atoms with Gasteiger partial charge in [0.2, 0.25) is 5.91 Å². The summed E-state index contributed by atoms with van der Waals surface area (Å²) >= 11 is 0. The molecule has 0 saturated heterocycles. The minimum Gasteiger partial charge on any atom is -0.494 e. The zero-order valence-electron chi connectivity index (χ0n) is 13.6. The minimum atomic E-state index is -0.641. The van der Waals surface area contributed by atoms with E-state index in [0.29, 0.717) is 6.61 Å². The molecule has 118 valence electrons. The van der Waals surface area contributed by atoms with Crippen molar-refractivity contribution in [2.75, 3.05) is 6.61 Å². The lowest BCUT2D eigenvalue weighted by atomic mass is 9.93. The van der Waals surface area contributed by atoms with Gasteiger partial charge in [-0.1, -0.05) is 17.7 Å². The summed E-state index contributed by atoms with van der Waals surface area (Å²) in [5.74, 6) is 0.592. The number of carbonyl (C=O) groups excluding carboxylic acids is 1. The molecular formula is C17H28N2O2. The van der Waals surface area contributed by atoms with E-state index in [1.54, 1.807) is 0 Å². The Morgan fingerprint density at radius 2 is 1.90 bits per heavy atom. The van der Waals surface area contributed by atoms with Crippen LogP contribution in [0, 0.1) is 6.92 Å². The van der Waals surface area contributed by atoms with Gasteiger partial charge in [0.15, 0.2) is 0 Å². The molecule has 3 N–H and O–H groups in total. The number of hydrogen-bond donors (Lipinski definition) is 2. The van der Waals surface area contributed by atoms with Crippen molar-refractivity contribution in [3.63, 3.8) is 0 Å². The number of rotatable bonds is 9. The van der Waals surface area contributed by atoms with Gasteiger partial charge in [-0.05, 0) is 59.1 Å². The first kappa shape index (κ1) is 17.5. The van der Waals surface area contributed by atoms with Crippen LogP contribution < -0.4 is 15.8 Å². The van der Waals surface area contributed by atoms with Crippen molar-refractivity contribution in [1.82, 2.24) is 5.32 Å². The lowest BCUT2D eigenvalue weighted by Crippen LogP contribution is -2.55. The molecule has 0 aliphatic carbocycles. The summed E-state index contributed by atoms with van der Waals surface area (Å²) in [6.07, 6.45) is 2.51. The van der Waals surface area contributed by atoms with E-state index in [-0.39, 0.29) is 11.9 Å². The van der Waals surface area contributed by atoms with Gasteiger partial charge in [0.1, 0.15) is 5.75 Å². The average molecular weight is 292 g/mol. The van der Waals surface area contributed by atoms with Gasteiger partial charge < -0.3 is 15.8 Å². The number of nitrogens with one attached hydrogen (secondary N) is 1. The lowest BCUT2D eigenvalue weighted by Gasteiger charge is -2.29. The van der Waals surface area contributed by atoms with E-state index >= 15 is 0 Å². The predicted molar refractivity (Wildman–Crippen MR) is 86.4 cm³/mol. The van der Waals surface area contributed by atoms with Crippen LogP contribution in [0.1, 0.15) is 45.6 Å². The van der Waals surface area contributed by atoms with Crippen LogP contribution in [0.4, 0.5) is 0 Å². The van der Waals surface area contributed by atoms with E-state index in [4.69, 9.17) is 10.5 Å². The Balaban J connectivity index is 2.31. The second-order valence-corrected chi connectivity index (χ2v) is 6.11. The van der Waals surface area contributed by atoms with Crippen LogP contribution in [-0.2, 0) is 4.79 Å². The van der Waals surface area contributed by atoms with Gasteiger partial charge in [-0.15, -0.1) is 0 Å². The van der Waals surface area contributed by atoms with Crippen LogP contribution in [0.5, 0.6) is 5.75 Å². The van der Waals surface area contributed by atoms with E-state index in [9.17, 15) is 4.79 Å². The Morgan fingerprint density at radius 1 is 1.29 bits per heavy atom. The molecule has 1 unspecified atom stereocenters. The molecule has 1 aromatic rings. The van der Waals surface area contributed by atoms with Crippen LogP contribution in [-0.4, -0.2) is 24.1 Å². The topological polar surface area (TPSA) is 64.3 Å². The summed E-state index contributed by atoms with van der Waals surface area (Å²) in [7, 11) is 0. The zero-order valence-corrected chi connectivity index (χ0v) is 13.6. The molecule has 1 aromatic carbocycles. The number of unbranched alkanes of at least 4 members (excludes halogenated alkanes) is 1. The Bertz CT molecular complexity index is 443. The number of hydrogen-bond acceptors (Lipinski definition) is 3. The monoisotopic (exact) mass is 292 g/mol. The van der Waals surface area contributed by atoms with Gasteiger partial charge in [-0.25, -0.2) is 0 Å². The SMILES string of the molecule is Cc1ccc(OCCCCC(C)(NC(C)C)C(N)=O)cc1. The number of primary amides is 1. The highest BCUT2D eigenvalue weighted by atomic mass is 16.5. The van der Waals surface area contributed by atoms with Crippen molar-refractivity contribution in [3.8, 4) is 5.75 Å². The molecule has 0 saturated carbocycles. The zero-order chi connectivity index (χ0) is 15.9. The third-order valence-corrected chi connectivity index (χ3v) is 3.51. The molecule has 21 heavy (non-hydrogen) atoms. The normalized spacial score (nSPS) is 14.0. The van der Waals surface area contributed by atoms with Crippen LogP contribution in [0.15, 0.2) is 24.3 Å². The summed E-state index contributed by atoms with van der Waals surface area (Å²) in [4.78, 5) is 11.6. The number of aryl methyl sites for hydroxylation is 1. The molecule has 0 aliphatic heterocycles. The van der Waals surface area contributed by atoms with E-state index < -0.39 is 5.54 Å². The van der Waals surface area contributed by atoms with Gasteiger partial charge in [0, 0.05) is 6.04 Å². The molecule has 0 fully saturated rings. The molecule has 0 radical (unpaired) electrons. The van der Waals surface area contributed by atoms with Crippen LogP contribution in [0.3, 0.4) is 0 Å². The number of benzene rings is 1. The highest BCUT2D eigenvalue weighted by molar-refractivity contribution is 5.84. The summed E-state index contributed by atoms with van der Waals surface area (Å²) in [6, 6.07) is 8.25. The lowest BCUT2D eigenvalue weighted by molar-refractivity contribution is -0.124. The Kier molecular flexibility index (Phi) is 6.69. The van der Waals surface area contributed by atoms with E-state index in [1.807, 2.05) is 45.0 Å². The number of ether oxygens (including phenoxy) is 1. The molecule has 4 nitrogen and oxygen atoms in total. The quantitative estimate of drug-likeness (QED) is 0.688. The van der Waals surface area contributed by atoms with E-state index in [2.05, 4.69) is 12.2 Å². The molecule has 0 aliphatic rings. The maximum atomic E-state index is 11.6. The standard InChI is InChI=1S/C17H28N2O2/c1-13(2)19-17(4,16(18)20)11-5-6-12-21-15-9-7-14(3)8-10-15/h7-10,13,19H,5-6,11-12H2,1-4H3,(H2,18,20). The second kappa shape index (κ2) is 8.03. The van der Waals surface area contributed by atoms with Crippen molar-refractivity contribution < 1.29 is 9.53 Å². The molecule has 1 amide bonds. The van der Waals surface area contributed by atoms with E-state index in [1.165, 1.54) is 5.56 Å². The first-order valence-electron chi connectivity index (χ1n) is 7.60. The third-order valence-electron chi connectivity index (χ3n) is 3.51. The van der Waals surface area contributed by atoms with Gasteiger partial charge in [0.25, 0.3) is 0 Å². The molecule has 0 heterocycles. The summed E-state index contributed by atoms with van der Waals surface area (Å²) in [5, 5.41) is 3.26. The Labute approximate surface area is 128 Å². The fourth-order valence-electron chi connectivity index (χ4n) is 2.31. The number of carbonyl (C=O) groups is 1. The van der Waals surface area contributed by atoms with E-state index in [0.717, 1.165) is 25.0 Å². The molecule has 0 spiro atoms. The van der Waals surface area contributed by atoms with Crippen molar-refractivity contribution in [3.05, 3.63) is 29.8 Å². The second-order valence-electron chi connectivity index (χ2n) is 6.11. The first-order valence-corrected chi connectivity index (χ1v) is 7.60. The molecular weight excluding hydrogens is 264 g/mol. The third kappa shape index (κ3) is 6.17. The summed E-state index contributed by atoms with van der Waals surface area (Å²) < 4.78 is 5.68. The molecule has 4 heteroatoms. The van der Waals surface area contributed by atoms with Crippen LogP contribution in [0.2, 0.25) is 0 Å². The highest BCUT2D eigenvalue weighted by Gasteiger charge is 2.30. The van der Waals surface area contributed by atoms with Gasteiger partial charge >= 0.3 is 0 Å². The van der Waals surface area contributed by atoms with Crippen molar-refractivity contribution in [2.45, 2.75) is 58.5 Å². The highest BCUT2D eigenvalue weighted by Crippen LogP contribution is 2.16. The molecule has 1 rings (SSSR count). The first-order chi connectivity index (χ1) is 9.83. The van der Waals surface area contributed by atoms with Crippen molar-refractivity contribution >= 4 is 5.91 Å². The smallest absolute Gasteiger partial charge is 0.237 e. The average Bonchev–Trinajstić information content (AvgIpc) is 2.39. The summed E-state index contributed by atoms with van der Waals surface area (Å²) in [5.41, 5.74) is 6.09. The molecule has 0 aromatic heterocycles. The maximum Gasteiger partial charge on any atom is 0.237 e. The fraction of sp³-hybridized carbons (Fsp3) is 0.588. The Hall–Kier alpha value is -1.55. The maximum absolute atomic E-state index is 11.6. The number of nitrogens with two attached hydrogens (primary N) is 1. The van der Waals surface area contributed by atoms with Crippen molar-refractivity contribution in [1.29, 1.82) is 0 Å². The van der Waals surface area contributed by atoms with Crippen LogP contribution >= 0.6 is 0 Å².